The van der Waals surface area contributed by atoms with Gasteiger partial charge >= 0.3 is 6.03 Å². The van der Waals surface area contributed by atoms with Crippen molar-refractivity contribution < 1.29 is 9.90 Å². The second-order valence-corrected chi connectivity index (χ2v) is 6.64. The Kier molecular flexibility index (Phi) is 5.62. The molecule has 0 aliphatic heterocycles. The highest BCUT2D eigenvalue weighted by atomic mass is 16.3. The Balaban J connectivity index is 2.05. The fourth-order valence-electron chi connectivity index (χ4n) is 2.65. The first-order valence-corrected chi connectivity index (χ1v) is 8.23. The maximum absolute atomic E-state index is 12.3. The number of carbonyl (C=O) groups is 1. The van der Waals surface area contributed by atoms with Gasteiger partial charge in [0.2, 0.25) is 0 Å². The number of anilines is 1. The lowest BCUT2D eigenvalue weighted by Crippen LogP contribution is -2.40. The van der Waals surface area contributed by atoms with E-state index < -0.39 is 5.60 Å². The largest absolute Gasteiger partial charge is 0.384 e. The summed E-state index contributed by atoms with van der Waals surface area (Å²) in [6, 6.07) is 15.0. The number of amides is 2. The average molecular weight is 326 g/mol. The van der Waals surface area contributed by atoms with Gasteiger partial charge in [-0.15, -0.1) is 0 Å². The molecular weight excluding hydrogens is 300 g/mol. The molecule has 4 heteroatoms. The molecule has 3 N–H and O–H groups in total. The monoisotopic (exact) mass is 326 g/mol. The topological polar surface area (TPSA) is 61.4 Å². The van der Waals surface area contributed by atoms with Crippen LogP contribution in [-0.2, 0) is 5.60 Å². The number of rotatable bonds is 5. The lowest BCUT2D eigenvalue weighted by Gasteiger charge is -2.25. The number of para-hydroxylation sites is 1. The maximum atomic E-state index is 12.3. The average Bonchev–Trinajstić information content (AvgIpc) is 2.55. The lowest BCUT2D eigenvalue weighted by atomic mass is 9.96. The van der Waals surface area contributed by atoms with Crippen molar-refractivity contribution in [3.63, 3.8) is 0 Å². The molecule has 0 bridgehead atoms. The minimum Gasteiger partial charge on any atom is -0.384 e. The number of aliphatic hydroxyl groups is 1. The van der Waals surface area contributed by atoms with Crippen LogP contribution in [0.1, 0.15) is 43.4 Å². The smallest absolute Gasteiger partial charge is 0.319 e. The van der Waals surface area contributed by atoms with Gasteiger partial charge in [0.05, 0.1) is 6.54 Å². The summed E-state index contributed by atoms with van der Waals surface area (Å²) in [6.45, 7) is 7.99. The molecular formula is C20H26N2O2. The van der Waals surface area contributed by atoms with Gasteiger partial charge in [-0.05, 0) is 36.5 Å². The van der Waals surface area contributed by atoms with Crippen LogP contribution in [0.15, 0.2) is 48.5 Å². The predicted molar refractivity (Wildman–Crippen MR) is 98.3 cm³/mol. The molecule has 2 aromatic rings. The molecule has 0 aliphatic rings. The van der Waals surface area contributed by atoms with Crippen LogP contribution in [0, 0.1) is 6.92 Å². The van der Waals surface area contributed by atoms with Crippen LogP contribution in [0.3, 0.4) is 0 Å². The molecule has 2 aromatic carbocycles. The molecule has 0 spiro atoms. The fourth-order valence-corrected chi connectivity index (χ4v) is 2.65. The van der Waals surface area contributed by atoms with Gasteiger partial charge in [0.15, 0.2) is 0 Å². The van der Waals surface area contributed by atoms with E-state index in [0.29, 0.717) is 5.92 Å². The maximum Gasteiger partial charge on any atom is 0.319 e. The molecule has 0 heterocycles. The fraction of sp³-hybridized carbons (Fsp3) is 0.350. The lowest BCUT2D eigenvalue weighted by molar-refractivity contribution is 0.0599. The highest BCUT2D eigenvalue weighted by Gasteiger charge is 2.23. The third-order valence-corrected chi connectivity index (χ3v) is 4.15. The van der Waals surface area contributed by atoms with Gasteiger partial charge in [0, 0.05) is 5.69 Å². The Morgan fingerprint density at radius 1 is 1.12 bits per heavy atom. The van der Waals surface area contributed by atoms with Crippen molar-refractivity contribution >= 4 is 11.7 Å². The van der Waals surface area contributed by atoms with Gasteiger partial charge in [-0.2, -0.15) is 0 Å². The number of hydrogen-bond acceptors (Lipinski definition) is 2. The van der Waals surface area contributed by atoms with Crippen LogP contribution in [-0.4, -0.2) is 17.7 Å². The van der Waals surface area contributed by atoms with E-state index in [4.69, 9.17) is 0 Å². The standard InChI is InChI=1S/C20H26N2O2/c1-14(2)17-12-8-9-15(3)18(17)22-19(23)21-13-20(4,24)16-10-6-5-7-11-16/h5-12,14,24H,13H2,1-4H3,(H2,21,22,23). The molecule has 128 valence electrons. The zero-order valence-corrected chi connectivity index (χ0v) is 14.8. The van der Waals surface area contributed by atoms with E-state index in [2.05, 4.69) is 24.5 Å². The van der Waals surface area contributed by atoms with Crippen LogP contribution in [0.4, 0.5) is 10.5 Å². The minimum atomic E-state index is -1.12. The van der Waals surface area contributed by atoms with E-state index in [1.807, 2.05) is 55.5 Å². The first-order valence-electron chi connectivity index (χ1n) is 8.23. The third kappa shape index (κ3) is 4.36. The highest BCUT2D eigenvalue weighted by Crippen LogP contribution is 2.27. The molecule has 0 saturated carbocycles. The number of benzene rings is 2. The summed E-state index contributed by atoms with van der Waals surface area (Å²) in [7, 11) is 0. The SMILES string of the molecule is Cc1cccc(C(C)C)c1NC(=O)NCC(C)(O)c1ccccc1. The van der Waals surface area contributed by atoms with Gasteiger partial charge in [-0.25, -0.2) is 4.79 Å². The molecule has 4 nitrogen and oxygen atoms in total. The van der Waals surface area contributed by atoms with Crippen LogP contribution in [0.2, 0.25) is 0 Å². The Bertz CT molecular complexity index is 694. The van der Waals surface area contributed by atoms with Crippen molar-refractivity contribution in [2.24, 2.45) is 0 Å². The number of urea groups is 1. The molecule has 0 saturated heterocycles. The van der Waals surface area contributed by atoms with Crippen LogP contribution >= 0.6 is 0 Å². The molecule has 0 radical (unpaired) electrons. The summed E-state index contributed by atoms with van der Waals surface area (Å²) < 4.78 is 0. The van der Waals surface area contributed by atoms with Crippen LogP contribution in [0.5, 0.6) is 0 Å². The summed E-state index contributed by atoms with van der Waals surface area (Å²) >= 11 is 0. The number of nitrogens with one attached hydrogen (secondary N) is 2. The predicted octanol–water partition coefficient (Wildman–Crippen LogP) is 4.15. The Hall–Kier alpha value is -2.33. The van der Waals surface area contributed by atoms with E-state index in [1.54, 1.807) is 6.92 Å². The van der Waals surface area contributed by atoms with Crippen molar-refractivity contribution in [1.29, 1.82) is 0 Å². The second-order valence-electron chi connectivity index (χ2n) is 6.64. The Labute approximate surface area is 143 Å². The zero-order chi connectivity index (χ0) is 17.7. The highest BCUT2D eigenvalue weighted by molar-refractivity contribution is 5.91. The Morgan fingerprint density at radius 3 is 2.42 bits per heavy atom. The van der Waals surface area contributed by atoms with Crippen molar-refractivity contribution in [2.45, 2.75) is 39.2 Å². The normalized spacial score (nSPS) is 13.4. The first-order chi connectivity index (χ1) is 11.3. The zero-order valence-electron chi connectivity index (χ0n) is 14.8. The van der Waals surface area contributed by atoms with Crippen LogP contribution in [0.25, 0.3) is 0 Å². The van der Waals surface area contributed by atoms with E-state index in [1.165, 1.54) is 0 Å². The molecule has 2 amide bonds. The van der Waals surface area contributed by atoms with E-state index >= 15 is 0 Å². The van der Waals surface area contributed by atoms with E-state index in [9.17, 15) is 9.90 Å². The Morgan fingerprint density at radius 2 is 1.79 bits per heavy atom. The van der Waals surface area contributed by atoms with Crippen molar-refractivity contribution in [3.05, 3.63) is 65.2 Å². The number of hydrogen-bond donors (Lipinski definition) is 3. The van der Waals surface area contributed by atoms with E-state index in [0.717, 1.165) is 22.4 Å². The molecule has 0 aromatic heterocycles. The van der Waals surface area contributed by atoms with Crippen LogP contribution < -0.4 is 10.6 Å². The summed E-state index contributed by atoms with van der Waals surface area (Å²) in [5.74, 6) is 0.313. The van der Waals surface area contributed by atoms with Crippen molar-refractivity contribution in [2.75, 3.05) is 11.9 Å². The summed E-state index contributed by atoms with van der Waals surface area (Å²) in [5, 5.41) is 16.2. The van der Waals surface area contributed by atoms with Crippen molar-refractivity contribution in [3.8, 4) is 0 Å². The summed E-state index contributed by atoms with van der Waals surface area (Å²) in [5.41, 5.74) is 2.60. The number of carbonyl (C=O) groups excluding carboxylic acids is 1. The van der Waals surface area contributed by atoms with Crippen molar-refractivity contribution in [1.82, 2.24) is 5.32 Å². The van der Waals surface area contributed by atoms with E-state index in [-0.39, 0.29) is 12.6 Å². The summed E-state index contributed by atoms with van der Waals surface area (Å²) in [6.07, 6.45) is 0. The molecule has 1 unspecified atom stereocenters. The molecule has 0 aliphatic carbocycles. The van der Waals surface area contributed by atoms with Gasteiger partial charge in [0.1, 0.15) is 5.60 Å². The molecule has 0 fully saturated rings. The second kappa shape index (κ2) is 7.49. The van der Waals surface area contributed by atoms with Gasteiger partial charge < -0.3 is 15.7 Å². The van der Waals surface area contributed by atoms with Gasteiger partial charge in [0.25, 0.3) is 0 Å². The van der Waals surface area contributed by atoms with Gasteiger partial charge in [-0.1, -0.05) is 62.4 Å². The quantitative estimate of drug-likeness (QED) is 0.773. The van der Waals surface area contributed by atoms with Gasteiger partial charge in [-0.3, -0.25) is 0 Å². The number of aryl methyl sites for hydroxylation is 1. The molecule has 2 rings (SSSR count). The third-order valence-electron chi connectivity index (χ3n) is 4.15. The molecule has 24 heavy (non-hydrogen) atoms. The molecule has 1 atom stereocenters. The first kappa shape index (κ1) is 18.0. The minimum absolute atomic E-state index is 0.131. The summed E-state index contributed by atoms with van der Waals surface area (Å²) in [4.78, 5) is 12.3.